The number of methoxy groups -OCH3 is 1. The van der Waals surface area contributed by atoms with Crippen LogP contribution < -0.4 is 19.1 Å². The molecule has 0 bridgehead atoms. The zero-order chi connectivity index (χ0) is 20.6. The summed E-state index contributed by atoms with van der Waals surface area (Å²) in [6, 6.07) is 13.9. The van der Waals surface area contributed by atoms with E-state index in [1.165, 1.54) is 4.31 Å². The Kier molecular flexibility index (Phi) is 7.69. The van der Waals surface area contributed by atoms with Crippen LogP contribution in [0.15, 0.2) is 48.5 Å². The van der Waals surface area contributed by atoms with Gasteiger partial charge in [-0.2, -0.15) is 0 Å². The zero-order valence-electron chi connectivity index (χ0n) is 16.3. The Morgan fingerprint density at radius 3 is 2.18 bits per heavy atom. The fraction of sp³-hybridized carbons (Fsp3) is 0.350. The van der Waals surface area contributed by atoms with Crippen molar-refractivity contribution in [2.45, 2.75) is 19.8 Å². The summed E-state index contributed by atoms with van der Waals surface area (Å²) in [5.74, 6) is 1.21. The minimum absolute atomic E-state index is 0.174. The van der Waals surface area contributed by atoms with Crippen molar-refractivity contribution in [2.75, 3.05) is 36.1 Å². The summed E-state index contributed by atoms with van der Waals surface area (Å²) in [4.78, 5) is 12.1. The number of anilines is 2. The molecule has 1 amide bonds. The summed E-state index contributed by atoms with van der Waals surface area (Å²) >= 11 is 0. The molecule has 0 heterocycles. The molecule has 0 unspecified atom stereocenters. The maximum Gasteiger partial charge on any atom is 0.232 e. The number of hydrogen-bond acceptors (Lipinski definition) is 5. The van der Waals surface area contributed by atoms with E-state index in [0.717, 1.165) is 12.0 Å². The van der Waals surface area contributed by atoms with Crippen molar-refractivity contribution < 1.29 is 22.7 Å². The van der Waals surface area contributed by atoms with Crippen molar-refractivity contribution >= 4 is 27.3 Å². The number of ether oxygens (including phenoxy) is 2. The monoisotopic (exact) mass is 406 g/mol. The lowest BCUT2D eigenvalue weighted by Crippen LogP contribution is -2.31. The first-order chi connectivity index (χ1) is 13.3. The van der Waals surface area contributed by atoms with E-state index in [2.05, 4.69) is 5.32 Å². The number of sulfonamides is 1. The molecule has 1 N–H and O–H groups in total. The summed E-state index contributed by atoms with van der Waals surface area (Å²) in [5.41, 5.74) is 1.21. The number of benzene rings is 2. The van der Waals surface area contributed by atoms with Crippen molar-refractivity contribution in [2.24, 2.45) is 0 Å². The maximum absolute atomic E-state index is 12.1. The molecule has 2 aromatic rings. The Hall–Kier alpha value is -2.74. The molecule has 8 heteroatoms. The average molecular weight is 407 g/mol. The number of amides is 1. The normalized spacial score (nSPS) is 11.0. The van der Waals surface area contributed by atoms with Gasteiger partial charge in [-0.15, -0.1) is 0 Å². The predicted molar refractivity (Wildman–Crippen MR) is 111 cm³/mol. The fourth-order valence-electron chi connectivity index (χ4n) is 2.64. The first kappa shape index (κ1) is 21.6. The van der Waals surface area contributed by atoms with Crippen LogP contribution in [-0.2, 0) is 14.8 Å². The number of hydrogen-bond donors (Lipinski definition) is 1. The highest BCUT2D eigenvalue weighted by Gasteiger charge is 2.17. The van der Waals surface area contributed by atoms with Gasteiger partial charge in [0, 0.05) is 18.7 Å². The van der Waals surface area contributed by atoms with E-state index in [9.17, 15) is 13.2 Å². The molecule has 0 aliphatic rings. The molecule has 0 radical (unpaired) electrons. The predicted octanol–water partition coefficient (Wildman–Crippen LogP) is 3.28. The standard InChI is InChI=1S/C20H26N2O5S/c1-4-27-19-11-7-16(8-12-19)21-20(23)6-5-15-22(28(3,24)25)17-9-13-18(26-2)14-10-17/h7-14H,4-6,15H2,1-3H3,(H,21,23). The Balaban J connectivity index is 1.91. The first-order valence-electron chi connectivity index (χ1n) is 8.98. The summed E-state index contributed by atoms with van der Waals surface area (Å²) in [5, 5.41) is 2.80. The van der Waals surface area contributed by atoms with Crippen LogP contribution in [0.4, 0.5) is 11.4 Å². The Bertz CT molecular complexity index is 864. The molecular weight excluding hydrogens is 380 g/mol. The zero-order valence-corrected chi connectivity index (χ0v) is 17.2. The third kappa shape index (κ3) is 6.45. The van der Waals surface area contributed by atoms with Gasteiger partial charge in [-0.1, -0.05) is 0 Å². The van der Waals surface area contributed by atoms with Gasteiger partial charge in [0.2, 0.25) is 15.9 Å². The average Bonchev–Trinajstić information content (AvgIpc) is 2.66. The van der Waals surface area contributed by atoms with Crippen LogP contribution in [0.3, 0.4) is 0 Å². The summed E-state index contributed by atoms with van der Waals surface area (Å²) in [6.45, 7) is 2.69. The second-order valence-electron chi connectivity index (χ2n) is 6.14. The molecule has 0 spiro atoms. The number of nitrogens with one attached hydrogen (secondary N) is 1. The van der Waals surface area contributed by atoms with E-state index in [0.29, 0.717) is 30.2 Å². The van der Waals surface area contributed by atoms with Crippen LogP contribution in [0, 0.1) is 0 Å². The van der Waals surface area contributed by atoms with Gasteiger partial charge in [0.1, 0.15) is 11.5 Å². The molecule has 152 valence electrons. The van der Waals surface area contributed by atoms with Gasteiger partial charge in [0.15, 0.2) is 0 Å². The van der Waals surface area contributed by atoms with Gasteiger partial charge in [-0.25, -0.2) is 8.42 Å². The van der Waals surface area contributed by atoms with E-state index in [4.69, 9.17) is 9.47 Å². The molecule has 28 heavy (non-hydrogen) atoms. The molecular formula is C20H26N2O5S. The molecule has 2 rings (SSSR count). The van der Waals surface area contributed by atoms with Gasteiger partial charge in [-0.3, -0.25) is 9.10 Å². The van der Waals surface area contributed by atoms with E-state index < -0.39 is 10.0 Å². The van der Waals surface area contributed by atoms with E-state index in [-0.39, 0.29) is 18.9 Å². The lowest BCUT2D eigenvalue weighted by atomic mass is 10.2. The second kappa shape index (κ2) is 9.98. The summed E-state index contributed by atoms with van der Waals surface area (Å²) in [6.07, 6.45) is 1.74. The first-order valence-corrected chi connectivity index (χ1v) is 10.8. The van der Waals surface area contributed by atoms with Gasteiger partial charge in [0.05, 0.1) is 25.7 Å². The summed E-state index contributed by atoms with van der Waals surface area (Å²) in [7, 11) is -1.91. The molecule has 0 fully saturated rings. The summed E-state index contributed by atoms with van der Waals surface area (Å²) < 4.78 is 36.0. The van der Waals surface area contributed by atoms with Crippen LogP contribution in [0.2, 0.25) is 0 Å². The number of carbonyl (C=O) groups is 1. The quantitative estimate of drug-likeness (QED) is 0.655. The third-order valence-corrected chi connectivity index (χ3v) is 5.17. The lowest BCUT2D eigenvalue weighted by molar-refractivity contribution is -0.116. The number of nitrogens with zero attached hydrogens (tertiary/aromatic N) is 1. The topological polar surface area (TPSA) is 84.9 Å². The molecule has 0 aliphatic carbocycles. The Labute approximate surface area is 166 Å². The van der Waals surface area contributed by atoms with Gasteiger partial charge in [-0.05, 0) is 61.9 Å². The van der Waals surface area contributed by atoms with Gasteiger partial charge in [0.25, 0.3) is 0 Å². The number of rotatable bonds is 10. The fourth-order valence-corrected chi connectivity index (χ4v) is 3.61. The second-order valence-corrected chi connectivity index (χ2v) is 8.05. The van der Waals surface area contributed by atoms with E-state index in [1.54, 1.807) is 55.6 Å². The van der Waals surface area contributed by atoms with E-state index >= 15 is 0 Å². The molecule has 0 saturated carbocycles. The maximum atomic E-state index is 12.1. The minimum Gasteiger partial charge on any atom is -0.497 e. The van der Waals surface area contributed by atoms with Gasteiger partial charge >= 0.3 is 0 Å². The highest BCUT2D eigenvalue weighted by atomic mass is 32.2. The van der Waals surface area contributed by atoms with Crippen LogP contribution in [0.25, 0.3) is 0 Å². The highest BCUT2D eigenvalue weighted by molar-refractivity contribution is 7.92. The van der Waals surface area contributed by atoms with Crippen molar-refractivity contribution in [1.29, 1.82) is 0 Å². The largest absolute Gasteiger partial charge is 0.497 e. The number of carbonyl (C=O) groups excluding carboxylic acids is 1. The molecule has 0 saturated heterocycles. The molecule has 2 aromatic carbocycles. The van der Waals surface area contributed by atoms with Crippen LogP contribution in [0.5, 0.6) is 11.5 Å². The third-order valence-electron chi connectivity index (χ3n) is 3.97. The van der Waals surface area contributed by atoms with Crippen LogP contribution in [0.1, 0.15) is 19.8 Å². The SMILES string of the molecule is CCOc1ccc(NC(=O)CCCN(c2ccc(OC)cc2)S(C)(=O)=O)cc1. The lowest BCUT2D eigenvalue weighted by Gasteiger charge is -2.22. The smallest absolute Gasteiger partial charge is 0.232 e. The van der Waals surface area contributed by atoms with Crippen LogP contribution in [-0.4, -0.2) is 40.8 Å². The molecule has 7 nitrogen and oxygen atoms in total. The highest BCUT2D eigenvalue weighted by Crippen LogP contribution is 2.22. The van der Waals surface area contributed by atoms with Crippen molar-refractivity contribution in [3.63, 3.8) is 0 Å². The van der Waals surface area contributed by atoms with Gasteiger partial charge < -0.3 is 14.8 Å². The molecule has 0 atom stereocenters. The van der Waals surface area contributed by atoms with E-state index in [1.807, 2.05) is 6.92 Å². The molecule has 0 aromatic heterocycles. The minimum atomic E-state index is -3.46. The van der Waals surface area contributed by atoms with Crippen LogP contribution >= 0.6 is 0 Å². The Morgan fingerprint density at radius 2 is 1.64 bits per heavy atom. The van der Waals surface area contributed by atoms with Crippen molar-refractivity contribution in [3.05, 3.63) is 48.5 Å². The molecule has 0 aliphatic heterocycles. The van der Waals surface area contributed by atoms with Crippen molar-refractivity contribution in [3.8, 4) is 11.5 Å². The van der Waals surface area contributed by atoms with Crippen molar-refractivity contribution in [1.82, 2.24) is 0 Å². The Morgan fingerprint density at radius 1 is 1.04 bits per heavy atom.